The van der Waals surface area contributed by atoms with Crippen LogP contribution in [0, 0.1) is 29.6 Å². The first kappa shape index (κ1) is 27.2. The summed E-state index contributed by atoms with van der Waals surface area (Å²) in [5, 5.41) is 30.8. The Bertz CT molecular complexity index is 1140. The molecule has 1 aromatic carbocycles. The van der Waals surface area contributed by atoms with Crippen molar-refractivity contribution >= 4 is 17.8 Å². The topological polar surface area (TPSA) is 134 Å². The van der Waals surface area contributed by atoms with E-state index in [0.717, 1.165) is 30.6 Å². The van der Waals surface area contributed by atoms with E-state index < -0.39 is 30.0 Å². The number of hydrogen-bond donors (Lipinski definition) is 3. The molecule has 1 aliphatic heterocycles. The molecule has 1 amide bonds. The Morgan fingerprint density at radius 1 is 1.08 bits per heavy atom. The van der Waals surface area contributed by atoms with Gasteiger partial charge in [-0.2, -0.15) is 0 Å². The van der Waals surface area contributed by atoms with Crippen molar-refractivity contribution in [2.24, 2.45) is 22.7 Å². The smallest absolute Gasteiger partial charge is 0.339 e. The van der Waals surface area contributed by atoms with Gasteiger partial charge in [0.1, 0.15) is 23.6 Å². The average Bonchev–Trinajstić information content (AvgIpc) is 3.07. The van der Waals surface area contributed by atoms with Crippen molar-refractivity contribution in [3.8, 4) is 11.5 Å². The fraction of sp³-hybridized carbons (Fsp3) is 0.679. The Labute approximate surface area is 217 Å². The van der Waals surface area contributed by atoms with Crippen LogP contribution in [0.3, 0.4) is 0 Å². The molecule has 37 heavy (non-hydrogen) atoms. The van der Waals surface area contributed by atoms with Crippen LogP contribution in [-0.4, -0.2) is 63.9 Å². The van der Waals surface area contributed by atoms with Crippen LogP contribution < -0.4 is 9.47 Å². The maximum Gasteiger partial charge on any atom is 0.339 e. The molecule has 0 spiro atoms. The number of aliphatic hydroxyl groups is 1. The summed E-state index contributed by atoms with van der Waals surface area (Å²) in [6.45, 7) is 9.77. The number of methoxy groups -OCH3 is 1. The van der Waals surface area contributed by atoms with Crippen molar-refractivity contribution in [1.82, 2.24) is 4.90 Å². The predicted molar refractivity (Wildman–Crippen MR) is 135 cm³/mol. The van der Waals surface area contributed by atoms with E-state index >= 15 is 0 Å². The van der Waals surface area contributed by atoms with Crippen LogP contribution in [0.2, 0.25) is 0 Å². The number of carboxylic acids is 2. The van der Waals surface area contributed by atoms with E-state index in [-0.39, 0.29) is 58.1 Å². The lowest BCUT2D eigenvalue weighted by molar-refractivity contribution is -0.176. The number of aliphatic carboxylic acids is 1. The lowest BCUT2D eigenvalue weighted by Crippen LogP contribution is -2.59. The zero-order chi connectivity index (χ0) is 27.5. The highest BCUT2D eigenvalue weighted by molar-refractivity contribution is 6.07. The molecule has 2 fully saturated rings. The predicted octanol–water partition coefficient (Wildman–Crippen LogP) is 4.11. The number of carbonyl (C=O) groups is 3. The second-order valence-electron chi connectivity index (χ2n) is 12.2. The minimum absolute atomic E-state index is 0.0677. The molecule has 0 radical (unpaired) electrons. The highest BCUT2D eigenvalue weighted by atomic mass is 16.5. The summed E-state index contributed by atoms with van der Waals surface area (Å²) in [7, 11) is 1.36. The molecule has 2 saturated carbocycles. The van der Waals surface area contributed by atoms with E-state index in [0.29, 0.717) is 17.9 Å². The first-order valence-corrected chi connectivity index (χ1v) is 13.0. The Morgan fingerprint density at radius 2 is 1.76 bits per heavy atom. The van der Waals surface area contributed by atoms with Gasteiger partial charge in [-0.3, -0.25) is 9.59 Å². The van der Waals surface area contributed by atoms with E-state index in [1.54, 1.807) is 6.92 Å². The third kappa shape index (κ3) is 4.35. The molecule has 4 unspecified atom stereocenters. The van der Waals surface area contributed by atoms with Gasteiger partial charge < -0.3 is 29.7 Å². The molecule has 0 saturated heterocycles. The van der Waals surface area contributed by atoms with Crippen molar-refractivity contribution in [1.29, 1.82) is 0 Å². The molecular weight excluding hydrogens is 478 g/mol. The van der Waals surface area contributed by atoms with Gasteiger partial charge in [-0.1, -0.05) is 27.2 Å². The largest absolute Gasteiger partial charge is 0.495 e. The molecule has 4 atom stereocenters. The molecular formula is C28H39NO8. The molecule has 1 aromatic rings. The van der Waals surface area contributed by atoms with Crippen LogP contribution in [0.15, 0.2) is 0 Å². The second kappa shape index (κ2) is 9.19. The highest BCUT2D eigenvalue weighted by Gasteiger charge is 2.58. The SMILES string of the molecule is COc1c(C)c(OCC2C(C)(O)CCC3C(C)(C)CCCC32C)c2c(c1C(=O)O)CN(CC(=O)O)C2=O. The van der Waals surface area contributed by atoms with E-state index in [9.17, 15) is 29.7 Å². The summed E-state index contributed by atoms with van der Waals surface area (Å²) < 4.78 is 11.9. The first-order chi connectivity index (χ1) is 17.2. The average molecular weight is 518 g/mol. The van der Waals surface area contributed by atoms with Crippen molar-refractivity contribution in [2.75, 3.05) is 20.3 Å². The summed E-state index contributed by atoms with van der Waals surface area (Å²) in [4.78, 5) is 38.0. The Balaban J connectivity index is 1.78. The number of carbonyl (C=O) groups excluding carboxylic acids is 1. The molecule has 1 heterocycles. The Hall–Kier alpha value is -2.81. The molecule has 2 aliphatic carbocycles. The van der Waals surface area contributed by atoms with E-state index in [1.165, 1.54) is 7.11 Å². The lowest BCUT2D eigenvalue weighted by Gasteiger charge is -2.61. The summed E-state index contributed by atoms with van der Waals surface area (Å²) in [6.07, 6.45) is 4.75. The molecule has 9 nitrogen and oxygen atoms in total. The van der Waals surface area contributed by atoms with Gasteiger partial charge in [-0.15, -0.1) is 0 Å². The summed E-state index contributed by atoms with van der Waals surface area (Å²) in [6, 6.07) is 0. The fourth-order valence-electron chi connectivity index (χ4n) is 7.80. The third-order valence-corrected chi connectivity index (χ3v) is 9.49. The summed E-state index contributed by atoms with van der Waals surface area (Å²) >= 11 is 0. The standard InChI is InChI=1S/C28H39NO8/c1-15-22(36-6)21(25(33)34)16-12-29(13-19(30)31)24(32)20(16)23(15)37-14-18-27(4)10-7-9-26(2,3)17(27)8-11-28(18,5)35/h17-18,35H,7-14H2,1-6H3,(H,30,31)(H,33,34). The van der Waals surface area contributed by atoms with Gasteiger partial charge in [-0.25, -0.2) is 4.79 Å². The molecule has 3 N–H and O–H groups in total. The normalized spacial score (nSPS) is 30.5. The van der Waals surface area contributed by atoms with Crippen LogP contribution >= 0.6 is 0 Å². The van der Waals surface area contributed by atoms with Gasteiger partial charge in [0.2, 0.25) is 0 Å². The zero-order valence-corrected chi connectivity index (χ0v) is 22.6. The maximum atomic E-state index is 13.3. The Kier molecular flexibility index (Phi) is 6.76. The molecule has 9 heteroatoms. The van der Waals surface area contributed by atoms with Crippen LogP contribution in [0.5, 0.6) is 11.5 Å². The second-order valence-corrected chi connectivity index (χ2v) is 12.2. The van der Waals surface area contributed by atoms with Crippen LogP contribution in [0.25, 0.3) is 0 Å². The van der Waals surface area contributed by atoms with Gasteiger partial charge in [0, 0.05) is 23.6 Å². The number of hydrogen-bond acceptors (Lipinski definition) is 6. The monoisotopic (exact) mass is 517 g/mol. The number of ether oxygens (including phenoxy) is 2. The molecule has 0 aromatic heterocycles. The maximum absolute atomic E-state index is 13.3. The number of carboxylic acid groups (broad SMARTS) is 2. The number of fused-ring (bicyclic) bond motifs is 2. The number of benzene rings is 1. The Morgan fingerprint density at radius 3 is 2.35 bits per heavy atom. The number of rotatable bonds is 7. The first-order valence-electron chi connectivity index (χ1n) is 13.0. The van der Waals surface area contributed by atoms with Gasteiger partial charge in [0.05, 0.1) is 24.9 Å². The third-order valence-electron chi connectivity index (χ3n) is 9.49. The molecule has 4 rings (SSSR count). The number of amides is 1. The quantitative estimate of drug-likeness (QED) is 0.492. The fourth-order valence-corrected chi connectivity index (χ4v) is 7.80. The van der Waals surface area contributed by atoms with E-state index in [2.05, 4.69) is 20.8 Å². The minimum atomic E-state index is -1.26. The minimum Gasteiger partial charge on any atom is -0.495 e. The van der Waals surface area contributed by atoms with Gasteiger partial charge >= 0.3 is 11.9 Å². The van der Waals surface area contributed by atoms with Gasteiger partial charge in [0.25, 0.3) is 5.91 Å². The molecule has 204 valence electrons. The molecule has 3 aliphatic rings. The van der Waals surface area contributed by atoms with Crippen molar-refractivity contribution in [3.63, 3.8) is 0 Å². The van der Waals surface area contributed by atoms with Gasteiger partial charge in [0.15, 0.2) is 0 Å². The lowest BCUT2D eigenvalue weighted by atomic mass is 9.46. The molecule has 0 bridgehead atoms. The van der Waals surface area contributed by atoms with Crippen molar-refractivity contribution in [2.45, 2.75) is 78.9 Å². The van der Waals surface area contributed by atoms with E-state index in [4.69, 9.17) is 9.47 Å². The van der Waals surface area contributed by atoms with Crippen molar-refractivity contribution < 1.29 is 39.2 Å². The van der Waals surface area contributed by atoms with Crippen LogP contribution in [0.4, 0.5) is 0 Å². The zero-order valence-electron chi connectivity index (χ0n) is 22.6. The summed E-state index contributed by atoms with van der Waals surface area (Å²) in [5.41, 5.74) is -0.545. The van der Waals surface area contributed by atoms with E-state index in [1.807, 2.05) is 6.92 Å². The highest BCUT2D eigenvalue weighted by Crippen LogP contribution is 2.62. The summed E-state index contributed by atoms with van der Waals surface area (Å²) in [5.74, 6) is -2.56. The van der Waals surface area contributed by atoms with Crippen molar-refractivity contribution in [3.05, 3.63) is 22.3 Å². The number of aromatic carboxylic acids is 1. The van der Waals surface area contributed by atoms with Crippen LogP contribution in [0.1, 0.15) is 91.6 Å². The van der Waals surface area contributed by atoms with Gasteiger partial charge in [-0.05, 0) is 56.3 Å². The number of nitrogens with zero attached hydrogens (tertiary/aromatic N) is 1. The van der Waals surface area contributed by atoms with Crippen LogP contribution in [-0.2, 0) is 11.3 Å².